The first-order chi connectivity index (χ1) is 12.9. The van der Waals surface area contributed by atoms with E-state index < -0.39 is 0 Å². The highest BCUT2D eigenvalue weighted by atomic mass is 35.5. The van der Waals surface area contributed by atoms with E-state index in [9.17, 15) is 4.79 Å². The summed E-state index contributed by atoms with van der Waals surface area (Å²) in [5.41, 5.74) is 6.75. The molecule has 4 aliphatic rings. The van der Waals surface area contributed by atoms with Gasteiger partial charge in [-0.05, 0) is 50.5 Å². The molecule has 3 aliphatic heterocycles. The van der Waals surface area contributed by atoms with Crippen molar-refractivity contribution < 1.29 is 9.53 Å². The van der Waals surface area contributed by atoms with E-state index in [4.69, 9.17) is 22.1 Å². The number of carbonyl (C=O) groups excluding carboxylic acids is 1. The summed E-state index contributed by atoms with van der Waals surface area (Å²) in [7, 11) is 0. The number of nitrogens with zero attached hydrogens (tertiary/aromatic N) is 1. The van der Waals surface area contributed by atoms with Gasteiger partial charge in [0.15, 0.2) is 6.10 Å². The average molecular weight is 388 g/mol. The second kappa shape index (κ2) is 7.26. The molecule has 1 saturated carbocycles. The molecule has 3 unspecified atom stereocenters. The fourth-order valence-corrected chi connectivity index (χ4v) is 5.30. The topological polar surface area (TPSA) is 67.6 Å². The Morgan fingerprint density at radius 3 is 2.67 bits per heavy atom. The average Bonchev–Trinajstić information content (AvgIpc) is 2.60. The normalized spacial score (nSPS) is 31.7. The zero-order valence-corrected chi connectivity index (χ0v) is 16.6. The Hall–Kier alpha value is -1.90. The van der Waals surface area contributed by atoms with Crippen LogP contribution in [0, 0.1) is 29.6 Å². The third-order valence-corrected chi connectivity index (χ3v) is 6.41. The Morgan fingerprint density at radius 2 is 2.04 bits per heavy atom. The van der Waals surface area contributed by atoms with Crippen LogP contribution in [0.25, 0.3) is 0 Å². The molecule has 3 saturated heterocycles. The number of anilines is 1. The molecule has 0 radical (unpaired) electrons. The summed E-state index contributed by atoms with van der Waals surface area (Å²) < 4.78 is 5.87. The Kier molecular flexibility index (Phi) is 4.96. The third kappa shape index (κ3) is 3.61. The number of amides is 1. The van der Waals surface area contributed by atoms with Crippen molar-refractivity contribution in [2.45, 2.75) is 38.8 Å². The molecule has 5 nitrogen and oxygen atoms in total. The van der Waals surface area contributed by atoms with Crippen molar-refractivity contribution in [1.29, 1.82) is 0 Å². The lowest BCUT2D eigenvalue weighted by Gasteiger charge is -2.55. The monoisotopic (exact) mass is 387 g/mol. The van der Waals surface area contributed by atoms with Crippen LogP contribution in [-0.2, 0) is 0 Å². The molecule has 1 aromatic carbocycles. The molecule has 1 aliphatic carbocycles. The van der Waals surface area contributed by atoms with Gasteiger partial charge in [-0.2, -0.15) is 0 Å². The fourth-order valence-electron chi connectivity index (χ4n) is 5.14. The number of carbonyl (C=O) groups is 1. The van der Waals surface area contributed by atoms with Gasteiger partial charge in [-0.15, -0.1) is 5.92 Å². The molecule has 4 fully saturated rings. The Balaban J connectivity index is 1.56. The molecule has 4 bridgehead atoms. The first-order valence-corrected chi connectivity index (χ1v) is 10.0. The summed E-state index contributed by atoms with van der Waals surface area (Å²) in [6, 6.07) is 3.45. The van der Waals surface area contributed by atoms with E-state index in [1.807, 2.05) is 6.92 Å². The second-order valence-corrected chi connectivity index (χ2v) is 8.51. The van der Waals surface area contributed by atoms with Crippen LogP contribution in [0.15, 0.2) is 12.1 Å². The number of nitrogens with one attached hydrogen (secondary N) is 1. The highest BCUT2D eigenvalue weighted by Crippen LogP contribution is 2.43. The third-order valence-electron chi connectivity index (χ3n) is 6.08. The smallest absolute Gasteiger partial charge is 0.255 e. The molecule has 27 heavy (non-hydrogen) atoms. The first kappa shape index (κ1) is 18.5. The molecule has 0 aromatic heterocycles. The quantitative estimate of drug-likeness (QED) is 0.615. The standard InChI is InChI=1S/C21H26ClN3O2/c1-3-4-12(2)27-19-8-18(23)17(22)7-16(19)21(26)24-20-14-5-13-6-15(20)11-25(9-13)10-14/h7-8,12-15,20H,5-6,9-11,23H2,1-2H3,(H,24,26). The summed E-state index contributed by atoms with van der Waals surface area (Å²) in [6.45, 7) is 7.01. The van der Waals surface area contributed by atoms with E-state index in [0.717, 1.165) is 19.0 Å². The minimum absolute atomic E-state index is 0.143. The number of nitrogen functional groups attached to an aromatic ring is 1. The van der Waals surface area contributed by atoms with Crippen LogP contribution in [0.2, 0.25) is 5.02 Å². The summed E-state index contributed by atoms with van der Waals surface area (Å²) in [4.78, 5) is 15.7. The van der Waals surface area contributed by atoms with Crippen LogP contribution in [0.1, 0.15) is 37.0 Å². The van der Waals surface area contributed by atoms with Gasteiger partial charge in [0.25, 0.3) is 5.91 Å². The molecule has 5 rings (SSSR count). The largest absolute Gasteiger partial charge is 0.477 e. The number of halogens is 1. The highest BCUT2D eigenvalue weighted by molar-refractivity contribution is 6.33. The van der Waals surface area contributed by atoms with E-state index in [-0.39, 0.29) is 18.1 Å². The first-order valence-electron chi connectivity index (χ1n) is 9.65. The Bertz CT molecular complexity index is 786. The van der Waals surface area contributed by atoms with E-state index in [1.165, 1.54) is 19.4 Å². The number of hydrogen-bond donors (Lipinski definition) is 2. The molecular weight excluding hydrogens is 362 g/mol. The fraction of sp³-hybridized carbons (Fsp3) is 0.571. The molecule has 3 atom stereocenters. The predicted octanol–water partition coefficient (Wildman–Crippen LogP) is 2.78. The molecule has 3 heterocycles. The summed E-state index contributed by atoms with van der Waals surface area (Å²) >= 11 is 6.20. The van der Waals surface area contributed by atoms with Crippen molar-refractivity contribution in [3.8, 4) is 17.6 Å². The number of piperidine rings is 3. The highest BCUT2D eigenvalue weighted by Gasteiger charge is 2.48. The zero-order chi connectivity index (χ0) is 19.1. The molecule has 1 aromatic rings. The molecular formula is C21H26ClN3O2. The molecule has 6 heteroatoms. The molecule has 3 N–H and O–H groups in total. The Labute approximate surface area is 165 Å². The van der Waals surface area contributed by atoms with E-state index in [1.54, 1.807) is 19.1 Å². The van der Waals surface area contributed by atoms with Crippen LogP contribution in [0.5, 0.6) is 5.75 Å². The van der Waals surface area contributed by atoms with Gasteiger partial charge in [0.05, 0.1) is 16.3 Å². The maximum atomic E-state index is 13.1. The van der Waals surface area contributed by atoms with Crippen molar-refractivity contribution in [1.82, 2.24) is 10.2 Å². The van der Waals surface area contributed by atoms with Gasteiger partial charge in [-0.3, -0.25) is 4.79 Å². The van der Waals surface area contributed by atoms with Crippen molar-refractivity contribution in [3.05, 3.63) is 22.7 Å². The maximum absolute atomic E-state index is 13.1. The number of rotatable bonds is 4. The van der Waals surface area contributed by atoms with E-state index in [0.29, 0.717) is 33.9 Å². The lowest BCUT2D eigenvalue weighted by atomic mass is 9.65. The van der Waals surface area contributed by atoms with Crippen LogP contribution >= 0.6 is 11.6 Å². The maximum Gasteiger partial charge on any atom is 0.255 e. The van der Waals surface area contributed by atoms with E-state index in [2.05, 4.69) is 22.1 Å². The zero-order valence-electron chi connectivity index (χ0n) is 15.8. The minimum Gasteiger partial charge on any atom is -0.477 e. The van der Waals surface area contributed by atoms with Gasteiger partial charge in [0.2, 0.25) is 0 Å². The van der Waals surface area contributed by atoms with Crippen LogP contribution < -0.4 is 15.8 Å². The SMILES string of the molecule is CC#CC(C)Oc1cc(N)c(Cl)cc1C(=O)NC1C2CC3CC1CN(C3)C2. The lowest BCUT2D eigenvalue weighted by Crippen LogP contribution is -2.64. The number of ether oxygens (including phenoxy) is 1. The summed E-state index contributed by atoms with van der Waals surface area (Å²) in [5, 5.41) is 3.65. The van der Waals surface area contributed by atoms with Crippen molar-refractivity contribution >= 4 is 23.2 Å². The van der Waals surface area contributed by atoms with Crippen LogP contribution in [0.3, 0.4) is 0 Å². The van der Waals surface area contributed by atoms with Crippen molar-refractivity contribution in [3.63, 3.8) is 0 Å². The minimum atomic E-state index is -0.337. The van der Waals surface area contributed by atoms with Gasteiger partial charge >= 0.3 is 0 Å². The van der Waals surface area contributed by atoms with Gasteiger partial charge < -0.3 is 20.7 Å². The van der Waals surface area contributed by atoms with Gasteiger partial charge in [0.1, 0.15) is 5.75 Å². The van der Waals surface area contributed by atoms with E-state index >= 15 is 0 Å². The molecule has 144 valence electrons. The number of nitrogens with two attached hydrogens (primary N) is 1. The number of hydrogen-bond acceptors (Lipinski definition) is 4. The molecule has 1 amide bonds. The van der Waals surface area contributed by atoms with Crippen molar-refractivity contribution in [2.75, 3.05) is 25.4 Å². The predicted molar refractivity (Wildman–Crippen MR) is 107 cm³/mol. The number of benzene rings is 1. The van der Waals surface area contributed by atoms with Crippen LogP contribution in [-0.4, -0.2) is 42.6 Å². The second-order valence-electron chi connectivity index (χ2n) is 8.10. The molecule has 0 spiro atoms. The van der Waals surface area contributed by atoms with Gasteiger partial charge in [-0.1, -0.05) is 17.5 Å². The van der Waals surface area contributed by atoms with Gasteiger partial charge in [0, 0.05) is 31.7 Å². The van der Waals surface area contributed by atoms with Gasteiger partial charge in [-0.25, -0.2) is 0 Å². The summed E-state index contributed by atoms with van der Waals surface area (Å²) in [5.74, 6) is 7.93. The van der Waals surface area contributed by atoms with Crippen molar-refractivity contribution in [2.24, 2.45) is 17.8 Å². The Morgan fingerprint density at radius 1 is 1.33 bits per heavy atom. The summed E-state index contributed by atoms with van der Waals surface area (Å²) in [6.07, 6.45) is 2.09. The van der Waals surface area contributed by atoms with Crippen LogP contribution in [0.4, 0.5) is 5.69 Å². The lowest BCUT2D eigenvalue weighted by molar-refractivity contribution is -0.0419.